The van der Waals surface area contributed by atoms with Crippen LogP contribution < -0.4 is 4.31 Å². The van der Waals surface area contributed by atoms with Crippen LogP contribution in [-0.4, -0.2) is 26.7 Å². The van der Waals surface area contributed by atoms with E-state index >= 15 is 0 Å². The van der Waals surface area contributed by atoms with Gasteiger partial charge in [-0.05, 0) is 36.8 Å². The number of aliphatic hydroxyl groups excluding tert-OH is 1. The summed E-state index contributed by atoms with van der Waals surface area (Å²) in [6, 6.07) is 8.64. The van der Waals surface area contributed by atoms with E-state index < -0.39 is 15.8 Å². The molecule has 0 aliphatic rings. The van der Waals surface area contributed by atoms with Crippen molar-refractivity contribution >= 4 is 27.0 Å². The minimum Gasteiger partial charge on any atom is -0.394 e. The van der Waals surface area contributed by atoms with E-state index in [1.54, 1.807) is 12.1 Å². The van der Waals surface area contributed by atoms with E-state index in [9.17, 15) is 12.8 Å². The van der Waals surface area contributed by atoms with Crippen molar-refractivity contribution in [2.24, 2.45) is 0 Å². The Balaban J connectivity index is 2.45. The minimum atomic E-state index is -3.80. The van der Waals surface area contributed by atoms with E-state index in [2.05, 4.69) is 0 Å². The molecule has 0 amide bonds. The molecule has 1 aromatic heterocycles. The minimum absolute atomic E-state index is 0.120. The van der Waals surface area contributed by atoms with Gasteiger partial charge < -0.3 is 5.11 Å². The van der Waals surface area contributed by atoms with Crippen molar-refractivity contribution in [2.75, 3.05) is 17.5 Å². The van der Waals surface area contributed by atoms with Crippen LogP contribution in [0.2, 0.25) is 0 Å². The zero-order chi connectivity index (χ0) is 15.5. The Morgan fingerprint density at radius 2 is 2.05 bits per heavy atom. The lowest BCUT2D eigenvalue weighted by atomic mass is 10.3. The highest BCUT2D eigenvalue weighted by Gasteiger charge is 2.26. The summed E-state index contributed by atoms with van der Waals surface area (Å²) in [5.41, 5.74) is 0.204. The van der Waals surface area contributed by atoms with Gasteiger partial charge in [-0.25, -0.2) is 12.8 Å². The first-order valence-electron chi connectivity index (χ1n) is 6.47. The van der Waals surface area contributed by atoms with Crippen molar-refractivity contribution in [1.29, 1.82) is 0 Å². The van der Waals surface area contributed by atoms with Crippen LogP contribution in [0.3, 0.4) is 0 Å². The number of thiophene rings is 1. The predicted molar refractivity (Wildman–Crippen MR) is 81.7 cm³/mol. The smallest absolute Gasteiger partial charge is 0.273 e. The molecule has 2 aromatic rings. The fraction of sp³-hybridized carbons (Fsp3) is 0.286. The summed E-state index contributed by atoms with van der Waals surface area (Å²) in [4.78, 5) is 0.955. The predicted octanol–water partition coefficient (Wildman–Crippen LogP) is 2.64. The summed E-state index contributed by atoms with van der Waals surface area (Å²) in [5.74, 6) is -0.522. The number of benzene rings is 1. The summed E-state index contributed by atoms with van der Waals surface area (Å²) < 4.78 is 39.9. The molecule has 1 heterocycles. The average molecular weight is 329 g/mol. The number of halogens is 1. The van der Waals surface area contributed by atoms with Gasteiger partial charge in [0.25, 0.3) is 10.0 Å². The first-order valence-corrected chi connectivity index (χ1v) is 8.72. The van der Waals surface area contributed by atoms with Crippen molar-refractivity contribution < 1.29 is 17.9 Å². The van der Waals surface area contributed by atoms with Gasteiger partial charge in [0.05, 0.1) is 18.8 Å². The van der Waals surface area contributed by atoms with Crippen molar-refractivity contribution in [3.63, 3.8) is 0 Å². The van der Waals surface area contributed by atoms with Crippen molar-refractivity contribution in [3.05, 3.63) is 47.1 Å². The second-order valence-electron chi connectivity index (χ2n) is 4.35. The third kappa shape index (κ3) is 3.42. The topological polar surface area (TPSA) is 57.6 Å². The molecule has 0 spiro atoms. The fourth-order valence-electron chi connectivity index (χ4n) is 1.91. The standard InChI is InChI=1S/C14H16FNO3S2/c1-2-13-6-7-14(20-13)21(18,19)16(8-9-17)12-5-3-4-11(15)10-12/h3-7,10,17H,2,8-9H2,1H3. The molecule has 0 saturated heterocycles. The number of hydrogen-bond acceptors (Lipinski definition) is 4. The van der Waals surface area contributed by atoms with E-state index in [4.69, 9.17) is 5.11 Å². The summed E-state index contributed by atoms with van der Waals surface area (Å²) in [7, 11) is -3.80. The van der Waals surface area contributed by atoms with Crippen LogP contribution in [0.15, 0.2) is 40.6 Å². The molecule has 0 atom stereocenters. The molecule has 21 heavy (non-hydrogen) atoms. The van der Waals surface area contributed by atoms with Gasteiger partial charge in [0.15, 0.2) is 0 Å². The number of anilines is 1. The number of aliphatic hydroxyl groups is 1. The second kappa shape index (κ2) is 6.55. The van der Waals surface area contributed by atoms with Crippen LogP contribution in [0.25, 0.3) is 0 Å². The Labute approximate surface area is 127 Å². The van der Waals surface area contributed by atoms with Gasteiger partial charge in [0.2, 0.25) is 0 Å². The van der Waals surface area contributed by atoms with Crippen LogP contribution in [0.4, 0.5) is 10.1 Å². The molecule has 0 radical (unpaired) electrons. The molecular formula is C14H16FNO3S2. The average Bonchev–Trinajstić information content (AvgIpc) is 2.94. The monoisotopic (exact) mass is 329 g/mol. The van der Waals surface area contributed by atoms with Crippen LogP contribution in [-0.2, 0) is 16.4 Å². The molecule has 4 nitrogen and oxygen atoms in total. The van der Waals surface area contributed by atoms with Crippen LogP contribution >= 0.6 is 11.3 Å². The van der Waals surface area contributed by atoms with Gasteiger partial charge in [-0.1, -0.05) is 13.0 Å². The SMILES string of the molecule is CCc1ccc(S(=O)(=O)N(CCO)c2cccc(F)c2)s1. The first-order chi connectivity index (χ1) is 9.98. The molecular weight excluding hydrogens is 313 g/mol. The maximum atomic E-state index is 13.3. The van der Waals surface area contributed by atoms with Crippen LogP contribution in [0, 0.1) is 5.82 Å². The van der Waals surface area contributed by atoms with Crippen molar-refractivity contribution in [3.8, 4) is 0 Å². The lowest BCUT2D eigenvalue weighted by Gasteiger charge is -2.22. The summed E-state index contributed by atoms with van der Waals surface area (Å²) in [5, 5.41) is 9.13. The normalized spacial score (nSPS) is 11.6. The Morgan fingerprint density at radius 1 is 1.29 bits per heavy atom. The highest BCUT2D eigenvalue weighted by Crippen LogP contribution is 2.29. The van der Waals surface area contributed by atoms with E-state index in [1.165, 1.54) is 29.5 Å². The molecule has 0 fully saturated rings. The molecule has 2 rings (SSSR count). The van der Waals surface area contributed by atoms with Gasteiger partial charge in [0.1, 0.15) is 10.0 Å². The van der Waals surface area contributed by atoms with E-state index in [0.717, 1.165) is 21.7 Å². The summed E-state index contributed by atoms with van der Waals surface area (Å²) in [6.07, 6.45) is 0.750. The highest BCUT2D eigenvalue weighted by molar-refractivity contribution is 7.94. The van der Waals surface area contributed by atoms with E-state index in [1.807, 2.05) is 6.92 Å². The Bertz CT molecular complexity index is 713. The number of rotatable bonds is 6. The second-order valence-corrected chi connectivity index (χ2v) is 7.61. The van der Waals surface area contributed by atoms with Crippen molar-refractivity contribution in [1.82, 2.24) is 0 Å². The summed E-state index contributed by atoms with van der Waals surface area (Å²) >= 11 is 1.19. The number of aryl methyl sites for hydroxylation is 1. The van der Waals surface area contributed by atoms with E-state index in [0.29, 0.717) is 0 Å². The lowest BCUT2D eigenvalue weighted by molar-refractivity contribution is 0.306. The lowest BCUT2D eigenvalue weighted by Crippen LogP contribution is -2.33. The van der Waals surface area contributed by atoms with E-state index in [-0.39, 0.29) is 23.0 Å². The fourth-order valence-corrected chi connectivity index (χ4v) is 4.76. The van der Waals surface area contributed by atoms with Gasteiger partial charge in [-0.15, -0.1) is 11.3 Å². The molecule has 1 aromatic carbocycles. The third-order valence-electron chi connectivity index (χ3n) is 2.93. The molecule has 0 saturated carbocycles. The first kappa shape index (κ1) is 15.9. The Morgan fingerprint density at radius 3 is 2.62 bits per heavy atom. The molecule has 114 valence electrons. The van der Waals surface area contributed by atoms with Crippen LogP contribution in [0.1, 0.15) is 11.8 Å². The molecule has 0 aliphatic carbocycles. The largest absolute Gasteiger partial charge is 0.394 e. The third-order valence-corrected chi connectivity index (χ3v) is 6.45. The van der Waals surface area contributed by atoms with Gasteiger partial charge in [-0.2, -0.15) is 0 Å². The molecule has 0 unspecified atom stereocenters. The van der Waals surface area contributed by atoms with Crippen LogP contribution in [0.5, 0.6) is 0 Å². The van der Waals surface area contributed by atoms with Crippen molar-refractivity contribution in [2.45, 2.75) is 17.6 Å². The van der Waals surface area contributed by atoms with Gasteiger partial charge >= 0.3 is 0 Å². The molecule has 7 heteroatoms. The zero-order valence-electron chi connectivity index (χ0n) is 11.5. The quantitative estimate of drug-likeness (QED) is 0.886. The maximum absolute atomic E-state index is 13.3. The molecule has 1 N–H and O–H groups in total. The zero-order valence-corrected chi connectivity index (χ0v) is 13.1. The Hall–Kier alpha value is -1.44. The van der Waals surface area contributed by atoms with Gasteiger partial charge in [-0.3, -0.25) is 4.31 Å². The highest BCUT2D eigenvalue weighted by atomic mass is 32.2. The summed E-state index contributed by atoms with van der Waals surface area (Å²) in [6.45, 7) is 1.48. The molecule has 0 bridgehead atoms. The number of nitrogens with zero attached hydrogens (tertiary/aromatic N) is 1. The molecule has 0 aliphatic heterocycles. The van der Waals surface area contributed by atoms with Gasteiger partial charge in [0, 0.05) is 4.88 Å². The number of hydrogen-bond donors (Lipinski definition) is 1. The number of sulfonamides is 1. The Kier molecular flexibility index (Phi) is 4.97. The maximum Gasteiger partial charge on any atom is 0.273 e.